The van der Waals surface area contributed by atoms with Crippen LogP contribution in [0.25, 0.3) is 0 Å². The van der Waals surface area contributed by atoms with Gasteiger partial charge in [0.05, 0.1) is 0 Å². The van der Waals surface area contributed by atoms with Crippen molar-refractivity contribution in [1.29, 1.82) is 0 Å². The first-order valence-electron chi connectivity index (χ1n) is 4.06. The van der Waals surface area contributed by atoms with Crippen LogP contribution in [0.15, 0.2) is 0 Å². The van der Waals surface area contributed by atoms with Gasteiger partial charge >= 0.3 is 0 Å². The van der Waals surface area contributed by atoms with Crippen molar-refractivity contribution in [2.45, 2.75) is 12.8 Å². The Balaban J connectivity index is 2.05. The molecule has 0 aliphatic carbocycles. The minimum atomic E-state index is -0.838. The smallest absolute Gasteiger partial charge is 0.115 e. The Bertz CT molecular complexity index is 105. The predicted octanol–water partition coefficient (Wildman–Crippen LogP) is -0.131. The minimum absolute atomic E-state index is 0.722. The highest BCUT2D eigenvalue weighted by molar-refractivity contribution is 7.88. The van der Waals surface area contributed by atoms with Crippen molar-refractivity contribution >= 4 is 11.4 Å². The van der Waals surface area contributed by atoms with Crippen molar-refractivity contribution in [2.24, 2.45) is 5.92 Å². The summed E-state index contributed by atoms with van der Waals surface area (Å²) in [6.07, 6.45) is 4.11. The first kappa shape index (κ1) is 9.32. The number of piperidine rings is 1. The van der Waals surface area contributed by atoms with E-state index in [1.54, 1.807) is 6.26 Å². The van der Waals surface area contributed by atoms with Crippen LogP contribution in [-0.4, -0.2) is 30.4 Å². The highest BCUT2D eigenvalue weighted by Gasteiger charge is 2.13. The monoisotopic (exact) mass is 176 g/mol. The van der Waals surface area contributed by atoms with Gasteiger partial charge in [-0.15, -0.1) is 4.72 Å². The molecule has 0 radical (unpaired) electrons. The van der Waals surface area contributed by atoms with E-state index in [-0.39, 0.29) is 0 Å². The maximum atomic E-state index is 10.7. The third kappa shape index (κ3) is 3.96. The highest BCUT2D eigenvalue weighted by atomic mass is 32.2. The quantitative estimate of drug-likeness (QED) is 0.589. The van der Waals surface area contributed by atoms with E-state index in [0.717, 1.165) is 25.6 Å². The fraction of sp³-hybridized carbons (Fsp3) is 1.00. The first-order valence-corrected chi connectivity index (χ1v) is 5.62. The van der Waals surface area contributed by atoms with Gasteiger partial charge in [-0.3, -0.25) is 0 Å². The molecule has 1 rings (SSSR count). The maximum Gasteiger partial charge on any atom is 0.115 e. The maximum absolute atomic E-state index is 10.7. The van der Waals surface area contributed by atoms with Crippen molar-refractivity contribution in [3.05, 3.63) is 0 Å². The van der Waals surface area contributed by atoms with E-state index in [1.165, 1.54) is 12.8 Å². The summed E-state index contributed by atoms with van der Waals surface area (Å²) in [5.41, 5.74) is 0. The molecule has 1 fully saturated rings. The molecule has 0 aromatic rings. The molecule has 1 atom stereocenters. The van der Waals surface area contributed by atoms with E-state index < -0.39 is 11.4 Å². The lowest BCUT2D eigenvalue weighted by molar-refractivity contribution is 0.373. The van der Waals surface area contributed by atoms with Crippen LogP contribution in [-0.2, 0) is 11.4 Å². The second kappa shape index (κ2) is 4.98. The highest BCUT2D eigenvalue weighted by Crippen LogP contribution is 2.09. The second-order valence-electron chi connectivity index (χ2n) is 3.00. The van der Waals surface area contributed by atoms with Gasteiger partial charge in [-0.2, -0.15) is 0 Å². The molecule has 2 N–H and O–H groups in total. The van der Waals surface area contributed by atoms with Gasteiger partial charge < -0.3 is 9.87 Å². The average Bonchev–Trinajstić information content (AvgIpc) is 2.03. The van der Waals surface area contributed by atoms with Crippen molar-refractivity contribution in [2.75, 3.05) is 25.9 Å². The molecular weight excluding hydrogens is 160 g/mol. The summed E-state index contributed by atoms with van der Waals surface area (Å²) >= 11 is -0.838. The van der Waals surface area contributed by atoms with Crippen molar-refractivity contribution in [1.82, 2.24) is 10.0 Å². The van der Waals surface area contributed by atoms with Gasteiger partial charge in [-0.25, -0.2) is 0 Å². The molecule has 1 unspecified atom stereocenters. The van der Waals surface area contributed by atoms with Gasteiger partial charge in [0.1, 0.15) is 6.26 Å². The summed E-state index contributed by atoms with van der Waals surface area (Å²) < 4.78 is 13.6. The molecule has 4 heteroatoms. The molecule has 3 nitrogen and oxygen atoms in total. The zero-order valence-corrected chi connectivity index (χ0v) is 7.75. The van der Waals surface area contributed by atoms with Gasteiger partial charge in [0, 0.05) is 17.9 Å². The van der Waals surface area contributed by atoms with Gasteiger partial charge in [-0.1, -0.05) is 0 Å². The van der Waals surface area contributed by atoms with Crippen LogP contribution in [0.5, 0.6) is 0 Å². The third-order valence-electron chi connectivity index (χ3n) is 2.03. The van der Waals surface area contributed by atoms with Crippen LogP contribution in [0.4, 0.5) is 0 Å². The standard InChI is InChI=1S/C7H16N2OS/c1-11(10)9-6-7-2-4-8-5-3-7/h7-9H,2-6H2,1H3. The molecule has 1 heterocycles. The van der Waals surface area contributed by atoms with Crippen LogP contribution >= 0.6 is 0 Å². The Morgan fingerprint density at radius 2 is 2.18 bits per heavy atom. The molecule has 11 heavy (non-hydrogen) atoms. The summed E-state index contributed by atoms with van der Waals surface area (Å²) in [4.78, 5) is 0. The summed E-state index contributed by atoms with van der Waals surface area (Å²) in [6.45, 7) is 3.14. The Morgan fingerprint density at radius 3 is 2.73 bits per heavy atom. The fourth-order valence-electron chi connectivity index (χ4n) is 1.32. The molecule has 0 aromatic heterocycles. The minimum Gasteiger partial charge on any atom is -0.598 e. The van der Waals surface area contributed by atoms with Crippen molar-refractivity contribution < 1.29 is 4.55 Å². The molecule has 0 amide bonds. The zero-order valence-electron chi connectivity index (χ0n) is 6.93. The number of nitrogens with one attached hydrogen (secondary N) is 2. The lowest BCUT2D eigenvalue weighted by Crippen LogP contribution is -2.35. The Hall–Kier alpha value is 0.230. The van der Waals surface area contributed by atoms with Gasteiger partial charge in [0.2, 0.25) is 0 Å². The van der Waals surface area contributed by atoms with Crippen LogP contribution in [0.2, 0.25) is 0 Å². The number of rotatable bonds is 3. The van der Waals surface area contributed by atoms with Crippen molar-refractivity contribution in [3.63, 3.8) is 0 Å². The SMILES string of the molecule is C[S+]([O-])NCC1CCNCC1. The molecule has 0 bridgehead atoms. The molecule has 0 saturated carbocycles. The normalized spacial score (nSPS) is 23.5. The Kier molecular flexibility index (Phi) is 4.22. The number of hydrogen-bond acceptors (Lipinski definition) is 3. The summed E-state index contributed by atoms with van der Waals surface area (Å²) in [7, 11) is 0. The number of hydrogen-bond donors (Lipinski definition) is 2. The molecule has 1 saturated heterocycles. The van der Waals surface area contributed by atoms with Gasteiger partial charge in [0.25, 0.3) is 0 Å². The summed E-state index contributed by atoms with van der Waals surface area (Å²) in [5.74, 6) is 0.722. The predicted molar refractivity (Wildman–Crippen MR) is 47.7 cm³/mol. The lowest BCUT2D eigenvalue weighted by atomic mass is 9.99. The van der Waals surface area contributed by atoms with E-state index in [4.69, 9.17) is 0 Å². The molecule has 66 valence electrons. The van der Waals surface area contributed by atoms with Crippen molar-refractivity contribution in [3.8, 4) is 0 Å². The average molecular weight is 176 g/mol. The first-order chi connectivity index (χ1) is 5.29. The van der Waals surface area contributed by atoms with E-state index in [2.05, 4.69) is 10.0 Å². The van der Waals surface area contributed by atoms with Crippen LogP contribution in [0, 0.1) is 5.92 Å². The molecule has 0 spiro atoms. The topological polar surface area (TPSA) is 47.1 Å². The van der Waals surface area contributed by atoms with Gasteiger partial charge in [-0.05, 0) is 31.8 Å². The molecule has 0 aromatic carbocycles. The summed E-state index contributed by atoms with van der Waals surface area (Å²) in [6, 6.07) is 0. The van der Waals surface area contributed by atoms with Gasteiger partial charge in [0.15, 0.2) is 0 Å². The van der Waals surface area contributed by atoms with E-state index in [0.29, 0.717) is 0 Å². The fourth-order valence-corrected chi connectivity index (χ4v) is 1.79. The largest absolute Gasteiger partial charge is 0.598 e. The molecular formula is C7H16N2OS. The molecule has 1 aliphatic heterocycles. The second-order valence-corrected chi connectivity index (χ2v) is 4.19. The van der Waals surface area contributed by atoms with E-state index in [9.17, 15) is 4.55 Å². The third-order valence-corrected chi connectivity index (χ3v) is 2.61. The zero-order chi connectivity index (χ0) is 8.10. The van der Waals surface area contributed by atoms with Crippen LogP contribution in [0.3, 0.4) is 0 Å². The van der Waals surface area contributed by atoms with Crippen LogP contribution < -0.4 is 10.0 Å². The lowest BCUT2D eigenvalue weighted by Gasteiger charge is -2.22. The Morgan fingerprint density at radius 1 is 1.55 bits per heavy atom. The molecule has 1 aliphatic rings. The van der Waals surface area contributed by atoms with E-state index in [1.807, 2.05) is 0 Å². The van der Waals surface area contributed by atoms with E-state index >= 15 is 0 Å². The van der Waals surface area contributed by atoms with Crippen LogP contribution in [0.1, 0.15) is 12.8 Å². The Labute approximate surface area is 71.3 Å². The summed E-state index contributed by atoms with van der Waals surface area (Å²) in [5, 5.41) is 3.30.